The molecule has 3 aromatic carbocycles. The summed E-state index contributed by atoms with van der Waals surface area (Å²) in [5.74, 6) is -1.54. The first-order valence-corrected chi connectivity index (χ1v) is 14.0. The predicted octanol–water partition coefficient (Wildman–Crippen LogP) is 5.27. The topological polar surface area (TPSA) is 86.8 Å². The maximum Gasteiger partial charge on any atom is 0.264 e. The van der Waals surface area contributed by atoms with E-state index < -0.39 is 40.2 Å². The van der Waals surface area contributed by atoms with Crippen LogP contribution in [0.2, 0.25) is 10.0 Å². The Labute approximate surface area is 232 Å². The van der Waals surface area contributed by atoms with Crippen molar-refractivity contribution in [3.8, 4) is 0 Å². The van der Waals surface area contributed by atoms with E-state index in [0.717, 1.165) is 4.31 Å². The van der Waals surface area contributed by atoms with Crippen LogP contribution in [0.1, 0.15) is 26.3 Å². The maximum atomic E-state index is 13.8. The highest BCUT2D eigenvalue weighted by molar-refractivity contribution is 7.92. The number of amides is 2. The molecule has 0 radical (unpaired) electrons. The maximum absolute atomic E-state index is 13.8. The van der Waals surface area contributed by atoms with E-state index >= 15 is 0 Å². The molecule has 0 fully saturated rings. The van der Waals surface area contributed by atoms with Crippen molar-refractivity contribution >= 4 is 50.7 Å². The van der Waals surface area contributed by atoms with E-state index in [1.165, 1.54) is 59.5 Å². The number of rotatable bonds is 10. The zero-order valence-electron chi connectivity index (χ0n) is 21.1. The van der Waals surface area contributed by atoms with Gasteiger partial charge in [0.2, 0.25) is 11.8 Å². The van der Waals surface area contributed by atoms with Crippen molar-refractivity contribution in [1.82, 2.24) is 10.2 Å². The summed E-state index contributed by atoms with van der Waals surface area (Å²) in [6, 6.07) is 16.2. The van der Waals surface area contributed by atoms with Crippen LogP contribution >= 0.6 is 23.2 Å². The minimum Gasteiger partial charge on any atom is -0.352 e. The van der Waals surface area contributed by atoms with E-state index in [0.29, 0.717) is 5.56 Å². The lowest BCUT2D eigenvalue weighted by Crippen LogP contribution is -2.52. The number of halogens is 3. The van der Waals surface area contributed by atoms with Gasteiger partial charge in [-0.3, -0.25) is 13.9 Å². The number of carbonyl (C=O) groups is 2. The van der Waals surface area contributed by atoms with Crippen molar-refractivity contribution in [2.45, 2.75) is 44.3 Å². The number of benzene rings is 3. The van der Waals surface area contributed by atoms with Crippen molar-refractivity contribution in [2.75, 3.05) is 10.8 Å². The third-order valence-electron chi connectivity index (χ3n) is 5.65. The van der Waals surface area contributed by atoms with E-state index in [-0.39, 0.29) is 33.2 Å². The van der Waals surface area contributed by atoms with Crippen molar-refractivity contribution in [2.24, 2.45) is 0 Å². The second-order valence-corrected chi connectivity index (χ2v) is 11.6. The average Bonchev–Trinajstić information content (AvgIpc) is 2.88. The Kier molecular flexibility index (Phi) is 9.76. The van der Waals surface area contributed by atoms with Crippen LogP contribution in [0, 0.1) is 5.82 Å². The molecule has 0 aliphatic heterocycles. The Morgan fingerprint density at radius 3 is 2.18 bits per heavy atom. The van der Waals surface area contributed by atoms with Gasteiger partial charge in [-0.1, -0.05) is 53.5 Å². The molecule has 0 aliphatic carbocycles. The van der Waals surface area contributed by atoms with Crippen molar-refractivity contribution in [3.05, 3.63) is 94.2 Å². The molecule has 0 aliphatic rings. The summed E-state index contributed by atoms with van der Waals surface area (Å²) >= 11 is 12.5. The second-order valence-electron chi connectivity index (χ2n) is 8.91. The lowest BCUT2D eigenvalue weighted by atomic mass is 10.1. The molecule has 0 saturated heterocycles. The zero-order chi connectivity index (χ0) is 28.0. The Morgan fingerprint density at radius 1 is 0.947 bits per heavy atom. The lowest BCUT2D eigenvalue weighted by Gasteiger charge is -2.32. The molecule has 0 bridgehead atoms. The fourth-order valence-electron chi connectivity index (χ4n) is 3.68. The summed E-state index contributed by atoms with van der Waals surface area (Å²) in [6.07, 6.45) is 0. The molecule has 1 atom stereocenters. The van der Waals surface area contributed by atoms with Crippen LogP contribution in [-0.2, 0) is 26.2 Å². The van der Waals surface area contributed by atoms with Gasteiger partial charge in [-0.15, -0.1) is 0 Å². The standard InChI is InChI=1S/C27H28Cl2FN3O4S/c1-18(2)31-27(35)19(3)32(16-20-9-12-22(30)13-10-20)26(34)17-33(25-15-21(28)11-14-24(25)29)38(36,37)23-7-5-4-6-8-23/h4-15,18-19H,16-17H2,1-3H3,(H,31,35)/t19-/m1/s1. The van der Waals surface area contributed by atoms with E-state index in [4.69, 9.17) is 23.2 Å². The molecule has 38 heavy (non-hydrogen) atoms. The third kappa shape index (κ3) is 7.24. The average molecular weight is 581 g/mol. The molecule has 0 aromatic heterocycles. The van der Waals surface area contributed by atoms with Crippen LogP contribution in [0.25, 0.3) is 0 Å². The first-order chi connectivity index (χ1) is 17.9. The SMILES string of the molecule is CC(C)NC(=O)[C@@H](C)N(Cc1ccc(F)cc1)C(=O)CN(c1cc(Cl)ccc1Cl)S(=O)(=O)c1ccccc1. The summed E-state index contributed by atoms with van der Waals surface area (Å²) < 4.78 is 41.8. The molecule has 3 rings (SSSR count). The Morgan fingerprint density at radius 2 is 1.58 bits per heavy atom. The number of sulfonamides is 1. The highest BCUT2D eigenvalue weighted by atomic mass is 35.5. The molecule has 7 nitrogen and oxygen atoms in total. The number of hydrogen-bond donors (Lipinski definition) is 1. The van der Waals surface area contributed by atoms with Crippen LogP contribution in [0.3, 0.4) is 0 Å². The van der Waals surface area contributed by atoms with Crippen LogP contribution in [-0.4, -0.2) is 43.8 Å². The summed E-state index contributed by atoms with van der Waals surface area (Å²) in [7, 11) is -4.27. The summed E-state index contributed by atoms with van der Waals surface area (Å²) in [5, 5.41) is 3.05. The van der Waals surface area contributed by atoms with E-state index in [1.807, 2.05) is 0 Å². The number of carbonyl (C=O) groups excluding carboxylic acids is 2. The number of hydrogen-bond acceptors (Lipinski definition) is 4. The van der Waals surface area contributed by atoms with Crippen molar-refractivity contribution in [1.29, 1.82) is 0 Å². The van der Waals surface area contributed by atoms with Gasteiger partial charge in [0, 0.05) is 17.6 Å². The molecule has 1 N–H and O–H groups in total. The summed E-state index contributed by atoms with van der Waals surface area (Å²) in [6.45, 7) is 4.38. The van der Waals surface area contributed by atoms with Crippen LogP contribution in [0.15, 0.2) is 77.7 Å². The summed E-state index contributed by atoms with van der Waals surface area (Å²) in [4.78, 5) is 27.9. The van der Waals surface area contributed by atoms with E-state index in [2.05, 4.69) is 5.32 Å². The smallest absolute Gasteiger partial charge is 0.264 e. The third-order valence-corrected chi connectivity index (χ3v) is 7.98. The largest absolute Gasteiger partial charge is 0.352 e. The minimum absolute atomic E-state index is 0.0115. The molecule has 0 saturated carbocycles. The fourth-order valence-corrected chi connectivity index (χ4v) is 5.57. The molecular weight excluding hydrogens is 552 g/mol. The van der Waals surface area contributed by atoms with E-state index in [1.54, 1.807) is 39.0 Å². The van der Waals surface area contributed by atoms with Gasteiger partial charge in [-0.25, -0.2) is 12.8 Å². The molecule has 2 amide bonds. The number of anilines is 1. The fraction of sp³-hybridized carbons (Fsp3) is 0.259. The Hall–Kier alpha value is -3.14. The molecular formula is C27H28Cl2FN3O4S. The molecule has 0 unspecified atom stereocenters. The van der Waals surface area contributed by atoms with E-state index in [9.17, 15) is 22.4 Å². The van der Waals surface area contributed by atoms with Gasteiger partial charge in [-0.05, 0) is 68.8 Å². The zero-order valence-corrected chi connectivity index (χ0v) is 23.4. The molecule has 0 spiro atoms. The van der Waals surface area contributed by atoms with Gasteiger partial charge in [0.15, 0.2) is 0 Å². The van der Waals surface area contributed by atoms with Crippen LogP contribution in [0.4, 0.5) is 10.1 Å². The normalized spacial score (nSPS) is 12.2. The summed E-state index contributed by atoms with van der Waals surface area (Å²) in [5.41, 5.74) is 0.569. The van der Waals surface area contributed by atoms with Crippen molar-refractivity contribution < 1.29 is 22.4 Å². The predicted molar refractivity (Wildman–Crippen MR) is 147 cm³/mol. The molecule has 3 aromatic rings. The van der Waals surface area contributed by atoms with Crippen LogP contribution < -0.4 is 9.62 Å². The first kappa shape index (κ1) is 29.4. The monoisotopic (exact) mass is 579 g/mol. The van der Waals surface area contributed by atoms with Gasteiger partial charge in [0.05, 0.1) is 15.6 Å². The second kappa shape index (κ2) is 12.6. The van der Waals surface area contributed by atoms with Gasteiger partial charge in [0.1, 0.15) is 18.4 Å². The van der Waals surface area contributed by atoms with Gasteiger partial charge in [0.25, 0.3) is 10.0 Å². The lowest BCUT2D eigenvalue weighted by molar-refractivity contribution is -0.139. The molecule has 0 heterocycles. The molecule has 202 valence electrons. The number of nitrogens with zero attached hydrogens (tertiary/aromatic N) is 2. The Bertz CT molecular complexity index is 1390. The first-order valence-electron chi connectivity index (χ1n) is 11.8. The van der Waals surface area contributed by atoms with Crippen molar-refractivity contribution in [3.63, 3.8) is 0 Å². The van der Waals surface area contributed by atoms with Gasteiger partial charge in [-0.2, -0.15) is 0 Å². The highest BCUT2D eigenvalue weighted by Gasteiger charge is 2.33. The quantitative estimate of drug-likeness (QED) is 0.354. The van der Waals surface area contributed by atoms with Crippen LogP contribution in [0.5, 0.6) is 0 Å². The van der Waals surface area contributed by atoms with Gasteiger partial charge < -0.3 is 10.2 Å². The highest BCUT2D eigenvalue weighted by Crippen LogP contribution is 2.33. The number of nitrogens with one attached hydrogen (secondary N) is 1. The molecule has 11 heteroatoms. The Balaban J connectivity index is 2.06. The van der Waals surface area contributed by atoms with Gasteiger partial charge >= 0.3 is 0 Å². The minimum atomic E-state index is -4.27.